The molecule has 1 unspecified atom stereocenters. The van der Waals surface area contributed by atoms with E-state index in [2.05, 4.69) is 21.3 Å². The van der Waals surface area contributed by atoms with Crippen molar-refractivity contribution in [1.29, 1.82) is 0 Å². The molecule has 0 radical (unpaired) electrons. The second-order valence-corrected chi connectivity index (χ2v) is 6.26. The van der Waals surface area contributed by atoms with Crippen molar-refractivity contribution in [3.63, 3.8) is 0 Å². The molecule has 122 valence electrons. The standard InChI is InChI=1S/C17H25N3O.ClH/c21-17(6-5-14-7-10-18-11-8-14)20-12-2-4-16(20)15-3-1-9-19-13-15;/h1,3,9,13-14,16,18H,2,4-8,10-12H2;1H. The first-order valence-electron chi connectivity index (χ1n) is 8.24. The highest BCUT2D eigenvalue weighted by Crippen LogP contribution is 2.32. The summed E-state index contributed by atoms with van der Waals surface area (Å²) < 4.78 is 0. The first kappa shape index (κ1) is 17.2. The molecular formula is C17H26ClN3O. The lowest BCUT2D eigenvalue weighted by Gasteiger charge is -2.27. The molecule has 0 bridgehead atoms. The lowest BCUT2D eigenvalue weighted by atomic mass is 9.93. The van der Waals surface area contributed by atoms with Crippen LogP contribution in [0.1, 0.15) is 50.1 Å². The Morgan fingerprint density at radius 3 is 2.86 bits per heavy atom. The Hall–Kier alpha value is -1.13. The predicted molar refractivity (Wildman–Crippen MR) is 90.0 cm³/mol. The Balaban J connectivity index is 0.00000176. The third kappa shape index (κ3) is 4.20. The van der Waals surface area contributed by atoms with Gasteiger partial charge in [-0.25, -0.2) is 0 Å². The Bertz CT molecular complexity index is 462. The Morgan fingerprint density at radius 1 is 1.32 bits per heavy atom. The molecule has 2 fully saturated rings. The van der Waals surface area contributed by atoms with Gasteiger partial charge in [-0.15, -0.1) is 12.4 Å². The SMILES string of the molecule is Cl.O=C(CCC1CCNCC1)N1CCCC1c1cccnc1. The van der Waals surface area contributed by atoms with Crippen LogP contribution in [0.3, 0.4) is 0 Å². The van der Waals surface area contributed by atoms with Gasteiger partial charge in [0.25, 0.3) is 0 Å². The van der Waals surface area contributed by atoms with Crippen molar-refractivity contribution in [3.05, 3.63) is 30.1 Å². The van der Waals surface area contributed by atoms with E-state index in [0.29, 0.717) is 12.3 Å². The zero-order valence-electron chi connectivity index (χ0n) is 13.0. The van der Waals surface area contributed by atoms with Crippen LogP contribution in [0.15, 0.2) is 24.5 Å². The van der Waals surface area contributed by atoms with Crippen LogP contribution in [0.2, 0.25) is 0 Å². The molecular weight excluding hydrogens is 298 g/mol. The molecule has 1 aromatic heterocycles. The van der Waals surface area contributed by atoms with Crippen molar-refractivity contribution in [1.82, 2.24) is 15.2 Å². The topological polar surface area (TPSA) is 45.2 Å². The zero-order valence-corrected chi connectivity index (χ0v) is 13.9. The van der Waals surface area contributed by atoms with Crippen LogP contribution in [0.25, 0.3) is 0 Å². The Labute approximate surface area is 139 Å². The summed E-state index contributed by atoms with van der Waals surface area (Å²) in [6, 6.07) is 4.31. The minimum atomic E-state index is 0. The van der Waals surface area contributed by atoms with Gasteiger partial charge in [0.2, 0.25) is 5.91 Å². The molecule has 1 atom stereocenters. The molecule has 2 saturated heterocycles. The summed E-state index contributed by atoms with van der Waals surface area (Å²) >= 11 is 0. The summed E-state index contributed by atoms with van der Waals surface area (Å²) in [5.74, 6) is 1.06. The van der Waals surface area contributed by atoms with Gasteiger partial charge in [-0.1, -0.05) is 6.07 Å². The number of hydrogen-bond acceptors (Lipinski definition) is 3. The van der Waals surface area contributed by atoms with Gasteiger partial charge < -0.3 is 10.2 Å². The average Bonchev–Trinajstić information content (AvgIpc) is 3.04. The number of hydrogen-bond donors (Lipinski definition) is 1. The van der Waals surface area contributed by atoms with E-state index < -0.39 is 0 Å². The van der Waals surface area contributed by atoms with Crippen molar-refractivity contribution in [3.8, 4) is 0 Å². The molecule has 0 aromatic carbocycles. The van der Waals surface area contributed by atoms with Gasteiger partial charge in [-0.05, 0) is 62.7 Å². The number of nitrogens with one attached hydrogen (secondary N) is 1. The van der Waals surface area contributed by atoms with Crippen molar-refractivity contribution in [2.75, 3.05) is 19.6 Å². The lowest BCUT2D eigenvalue weighted by molar-refractivity contribution is -0.132. The third-order valence-corrected chi connectivity index (χ3v) is 4.87. The second-order valence-electron chi connectivity index (χ2n) is 6.26. The van der Waals surface area contributed by atoms with E-state index in [0.717, 1.165) is 44.8 Å². The van der Waals surface area contributed by atoms with E-state index >= 15 is 0 Å². The number of piperidine rings is 1. The molecule has 1 N–H and O–H groups in total. The lowest BCUT2D eigenvalue weighted by Crippen LogP contribution is -2.32. The third-order valence-electron chi connectivity index (χ3n) is 4.87. The molecule has 5 heteroatoms. The Kier molecular flexibility index (Phi) is 6.65. The van der Waals surface area contributed by atoms with Crippen LogP contribution in [-0.4, -0.2) is 35.4 Å². The smallest absolute Gasteiger partial charge is 0.223 e. The fourth-order valence-corrected chi connectivity index (χ4v) is 3.63. The zero-order chi connectivity index (χ0) is 14.5. The highest BCUT2D eigenvalue weighted by Gasteiger charge is 2.30. The van der Waals surface area contributed by atoms with Gasteiger partial charge in [0.15, 0.2) is 0 Å². The predicted octanol–water partition coefficient (Wildman–Crippen LogP) is 2.95. The van der Waals surface area contributed by atoms with Crippen LogP contribution < -0.4 is 5.32 Å². The van der Waals surface area contributed by atoms with E-state index in [1.807, 2.05) is 12.3 Å². The van der Waals surface area contributed by atoms with Crippen molar-refractivity contribution < 1.29 is 4.79 Å². The van der Waals surface area contributed by atoms with Gasteiger partial charge in [0.05, 0.1) is 6.04 Å². The number of amides is 1. The molecule has 3 heterocycles. The van der Waals surface area contributed by atoms with Crippen molar-refractivity contribution >= 4 is 18.3 Å². The van der Waals surface area contributed by atoms with E-state index in [-0.39, 0.29) is 18.4 Å². The van der Waals surface area contributed by atoms with E-state index in [9.17, 15) is 4.79 Å². The number of carbonyl (C=O) groups excluding carboxylic acids is 1. The quantitative estimate of drug-likeness (QED) is 0.926. The summed E-state index contributed by atoms with van der Waals surface area (Å²) in [5, 5.41) is 3.38. The largest absolute Gasteiger partial charge is 0.336 e. The summed E-state index contributed by atoms with van der Waals surface area (Å²) in [4.78, 5) is 18.8. The molecule has 0 aliphatic carbocycles. The van der Waals surface area contributed by atoms with Crippen LogP contribution >= 0.6 is 12.4 Å². The maximum atomic E-state index is 12.6. The molecule has 1 aromatic rings. The Morgan fingerprint density at radius 2 is 2.14 bits per heavy atom. The summed E-state index contributed by atoms with van der Waals surface area (Å²) in [5.41, 5.74) is 1.19. The minimum absolute atomic E-state index is 0. The number of likely N-dealkylation sites (tertiary alicyclic amines) is 1. The van der Waals surface area contributed by atoms with E-state index in [1.165, 1.54) is 18.4 Å². The maximum absolute atomic E-state index is 12.6. The number of carbonyl (C=O) groups is 1. The minimum Gasteiger partial charge on any atom is -0.336 e. The van der Waals surface area contributed by atoms with Gasteiger partial charge in [0.1, 0.15) is 0 Å². The molecule has 0 saturated carbocycles. The summed E-state index contributed by atoms with van der Waals surface area (Å²) in [6.07, 6.45) is 10.1. The molecule has 2 aliphatic heterocycles. The fraction of sp³-hybridized carbons (Fsp3) is 0.647. The highest BCUT2D eigenvalue weighted by atomic mass is 35.5. The van der Waals surface area contributed by atoms with Crippen LogP contribution in [0.4, 0.5) is 0 Å². The number of nitrogens with zero attached hydrogens (tertiary/aromatic N) is 2. The first-order chi connectivity index (χ1) is 10.3. The van der Waals surface area contributed by atoms with Gasteiger partial charge in [0, 0.05) is 25.4 Å². The highest BCUT2D eigenvalue weighted by molar-refractivity contribution is 5.85. The normalized spacial score (nSPS) is 22.4. The molecule has 4 nitrogen and oxygen atoms in total. The van der Waals surface area contributed by atoms with Gasteiger partial charge in [-0.3, -0.25) is 9.78 Å². The summed E-state index contributed by atoms with van der Waals surface area (Å²) in [6.45, 7) is 3.13. The number of halogens is 1. The second kappa shape index (κ2) is 8.49. The first-order valence-corrected chi connectivity index (χ1v) is 8.24. The van der Waals surface area contributed by atoms with Crippen LogP contribution in [0.5, 0.6) is 0 Å². The fourth-order valence-electron chi connectivity index (χ4n) is 3.63. The average molecular weight is 324 g/mol. The van der Waals surface area contributed by atoms with Crippen molar-refractivity contribution in [2.24, 2.45) is 5.92 Å². The maximum Gasteiger partial charge on any atom is 0.223 e. The van der Waals surface area contributed by atoms with Crippen LogP contribution in [0, 0.1) is 5.92 Å². The molecule has 0 spiro atoms. The van der Waals surface area contributed by atoms with Gasteiger partial charge in [-0.2, -0.15) is 0 Å². The molecule has 22 heavy (non-hydrogen) atoms. The number of pyridine rings is 1. The van der Waals surface area contributed by atoms with E-state index in [4.69, 9.17) is 0 Å². The molecule has 1 amide bonds. The van der Waals surface area contributed by atoms with Crippen LogP contribution in [-0.2, 0) is 4.79 Å². The summed E-state index contributed by atoms with van der Waals surface area (Å²) in [7, 11) is 0. The monoisotopic (exact) mass is 323 g/mol. The molecule has 2 aliphatic rings. The number of rotatable bonds is 4. The number of aromatic nitrogens is 1. The van der Waals surface area contributed by atoms with E-state index in [1.54, 1.807) is 6.20 Å². The van der Waals surface area contributed by atoms with Crippen molar-refractivity contribution in [2.45, 2.75) is 44.6 Å². The van der Waals surface area contributed by atoms with Gasteiger partial charge >= 0.3 is 0 Å². The molecule has 3 rings (SSSR count).